The first kappa shape index (κ1) is 16.9. The summed E-state index contributed by atoms with van der Waals surface area (Å²) in [7, 11) is 0. The lowest BCUT2D eigenvalue weighted by Crippen LogP contribution is -2.29. The molecule has 3 aromatic heterocycles. The van der Waals surface area contributed by atoms with Gasteiger partial charge in [0.15, 0.2) is 5.43 Å². The Morgan fingerprint density at radius 3 is 2.79 bits per heavy atom. The van der Waals surface area contributed by atoms with Crippen LogP contribution in [0.5, 0.6) is 0 Å². The van der Waals surface area contributed by atoms with Crippen molar-refractivity contribution in [1.29, 1.82) is 0 Å². The van der Waals surface area contributed by atoms with Crippen molar-refractivity contribution in [3.8, 4) is 0 Å². The van der Waals surface area contributed by atoms with Crippen molar-refractivity contribution in [2.75, 3.05) is 0 Å². The molecule has 0 saturated carbocycles. The van der Waals surface area contributed by atoms with E-state index in [0.29, 0.717) is 22.3 Å². The average Bonchev–Trinajstić information content (AvgIpc) is 3.31. The number of fused-ring (bicyclic) bond motifs is 2. The molecule has 1 aromatic carbocycles. The second-order valence-electron chi connectivity index (χ2n) is 6.52. The van der Waals surface area contributed by atoms with Gasteiger partial charge >= 0.3 is 0 Å². The number of aromatic nitrogens is 1. The van der Waals surface area contributed by atoms with E-state index in [1.165, 1.54) is 0 Å². The minimum absolute atomic E-state index is 0.0697. The van der Waals surface area contributed by atoms with E-state index in [1.54, 1.807) is 60.0 Å². The molecular formula is C21H13BrN2O4. The van der Waals surface area contributed by atoms with Gasteiger partial charge in [0.25, 0.3) is 5.91 Å². The fraction of sp³-hybridized carbons (Fsp3) is 0.0952. The third-order valence-electron chi connectivity index (χ3n) is 4.83. The number of rotatable bonds is 3. The molecule has 0 bridgehead atoms. The summed E-state index contributed by atoms with van der Waals surface area (Å²) in [6.45, 7) is 0.217. The van der Waals surface area contributed by atoms with Gasteiger partial charge < -0.3 is 13.7 Å². The van der Waals surface area contributed by atoms with Gasteiger partial charge in [-0.25, -0.2) is 0 Å². The Morgan fingerprint density at radius 1 is 1.14 bits per heavy atom. The molecule has 1 aliphatic heterocycles. The van der Waals surface area contributed by atoms with E-state index in [9.17, 15) is 9.59 Å². The number of amides is 1. The Kier molecular flexibility index (Phi) is 3.91. The van der Waals surface area contributed by atoms with Gasteiger partial charge in [0.05, 0.1) is 29.8 Å². The van der Waals surface area contributed by atoms with Crippen LogP contribution in [0.1, 0.15) is 33.5 Å². The number of carbonyl (C=O) groups is 1. The predicted octanol–water partition coefficient (Wildman–Crippen LogP) is 4.29. The molecule has 0 spiro atoms. The maximum Gasteiger partial charge on any atom is 0.291 e. The topological polar surface area (TPSA) is 76.6 Å². The smallest absolute Gasteiger partial charge is 0.291 e. The molecule has 0 unspecified atom stereocenters. The lowest BCUT2D eigenvalue weighted by atomic mass is 10.00. The molecule has 1 atom stereocenters. The summed E-state index contributed by atoms with van der Waals surface area (Å²) in [6, 6.07) is 11.7. The number of halogens is 1. The minimum atomic E-state index is -0.596. The zero-order chi connectivity index (χ0) is 19.3. The molecule has 138 valence electrons. The molecule has 1 amide bonds. The van der Waals surface area contributed by atoms with Gasteiger partial charge in [-0.3, -0.25) is 14.6 Å². The van der Waals surface area contributed by atoms with Gasteiger partial charge in [0.1, 0.15) is 11.3 Å². The van der Waals surface area contributed by atoms with Gasteiger partial charge in [-0.15, -0.1) is 0 Å². The van der Waals surface area contributed by atoms with E-state index in [-0.39, 0.29) is 23.6 Å². The summed E-state index contributed by atoms with van der Waals surface area (Å²) < 4.78 is 12.1. The Labute approximate surface area is 167 Å². The minimum Gasteiger partial charge on any atom is -0.467 e. The monoisotopic (exact) mass is 436 g/mol. The van der Waals surface area contributed by atoms with Crippen LogP contribution in [0.3, 0.4) is 0 Å². The van der Waals surface area contributed by atoms with Crippen LogP contribution in [0.15, 0.2) is 79.2 Å². The number of furan rings is 1. The third kappa shape index (κ3) is 2.58. The lowest BCUT2D eigenvalue weighted by Gasteiger charge is -2.23. The number of pyridine rings is 1. The highest BCUT2D eigenvalue weighted by Crippen LogP contribution is 2.39. The molecule has 1 aliphatic rings. The van der Waals surface area contributed by atoms with Crippen LogP contribution in [0.25, 0.3) is 11.0 Å². The SMILES string of the molecule is O=C1c2oc3ccc(Br)cc3c(=O)c2[C@H](c2cccnc2)N1Cc1ccco1. The number of hydrogen-bond donors (Lipinski definition) is 0. The van der Waals surface area contributed by atoms with Gasteiger partial charge in [0, 0.05) is 16.9 Å². The maximum absolute atomic E-state index is 13.3. The zero-order valence-corrected chi connectivity index (χ0v) is 16.0. The number of benzene rings is 1. The molecule has 4 aromatic rings. The van der Waals surface area contributed by atoms with Gasteiger partial charge in [-0.2, -0.15) is 0 Å². The molecule has 0 saturated heterocycles. The summed E-state index contributed by atoms with van der Waals surface area (Å²) in [5.41, 5.74) is 1.23. The Balaban J connectivity index is 1.76. The first-order chi connectivity index (χ1) is 13.6. The van der Waals surface area contributed by atoms with E-state index >= 15 is 0 Å². The average molecular weight is 437 g/mol. The van der Waals surface area contributed by atoms with Crippen LogP contribution in [0.2, 0.25) is 0 Å². The van der Waals surface area contributed by atoms with Crippen molar-refractivity contribution in [3.05, 3.63) is 98.5 Å². The van der Waals surface area contributed by atoms with Gasteiger partial charge in [0.2, 0.25) is 5.76 Å². The largest absolute Gasteiger partial charge is 0.467 e. The second-order valence-corrected chi connectivity index (χ2v) is 7.43. The molecule has 28 heavy (non-hydrogen) atoms. The molecular weight excluding hydrogens is 424 g/mol. The summed E-state index contributed by atoms with van der Waals surface area (Å²) in [5.74, 6) is 0.345. The Morgan fingerprint density at radius 2 is 2.04 bits per heavy atom. The molecule has 5 rings (SSSR count). The third-order valence-corrected chi connectivity index (χ3v) is 5.33. The van der Waals surface area contributed by atoms with Gasteiger partial charge in [-0.1, -0.05) is 22.0 Å². The zero-order valence-electron chi connectivity index (χ0n) is 14.5. The van der Waals surface area contributed by atoms with Crippen LogP contribution in [-0.4, -0.2) is 15.8 Å². The highest BCUT2D eigenvalue weighted by Gasteiger charge is 2.43. The summed E-state index contributed by atoms with van der Waals surface area (Å²) in [6.07, 6.45) is 4.86. The molecule has 0 fully saturated rings. The Bertz CT molecular complexity index is 1250. The quantitative estimate of drug-likeness (QED) is 0.478. The van der Waals surface area contributed by atoms with E-state index < -0.39 is 6.04 Å². The van der Waals surface area contributed by atoms with Crippen LogP contribution in [0.4, 0.5) is 0 Å². The molecule has 4 heterocycles. The van der Waals surface area contributed by atoms with E-state index in [4.69, 9.17) is 8.83 Å². The fourth-order valence-electron chi connectivity index (χ4n) is 3.61. The lowest BCUT2D eigenvalue weighted by molar-refractivity contribution is 0.0701. The van der Waals surface area contributed by atoms with Crippen molar-refractivity contribution < 1.29 is 13.6 Å². The first-order valence-corrected chi connectivity index (χ1v) is 9.42. The summed E-state index contributed by atoms with van der Waals surface area (Å²) >= 11 is 3.39. The first-order valence-electron chi connectivity index (χ1n) is 8.63. The summed E-state index contributed by atoms with van der Waals surface area (Å²) in [4.78, 5) is 32.3. The number of nitrogens with zero attached hydrogens (tertiary/aromatic N) is 2. The van der Waals surface area contributed by atoms with E-state index in [1.807, 2.05) is 6.07 Å². The normalized spacial score (nSPS) is 16.0. The highest BCUT2D eigenvalue weighted by atomic mass is 79.9. The highest BCUT2D eigenvalue weighted by molar-refractivity contribution is 9.10. The van der Waals surface area contributed by atoms with Crippen molar-refractivity contribution >= 4 is 32.8 Å². The number of hydrogen-bond acceptors (Lipinski definition) is 5. The number of carbonyl (C=O) groups excluding carboxylic acids is 1. The van der Waals surface area contributed by atoms with Crippen LogP contribution < -0.4 is 5.43 Å². The van der Waals surface area contributed by atoms with Crippen molar-refractivity contribution in [2.45, 2.75) is 12.6 Å². The molecule has 0 radical (unpaired) electrons. The molecule has 0 aliphatic carbocycles. The van der Waals surface area contributed by atoms with E-state index in [2.05, 4.69) is 20.9 Å². The molecule has 0 N–H and O–H groups in total. The maximum atomic E-state index is 13.3. The van der Waals surface area contributed by atoms with E-state index in [0.717, 1.165) is 10.0 Å². The van der Waals surface area contributed by atoms with Crippen molar-refractivity contribution in [3.63, 3.8) is 0 Å². The standard InChI is InChI=1S/C21H13BrN2O4/c22-13-5-6-16-15(9-13)19(25)17-18(12-3-1-7-23-10-12)24(21(26)20(17)28-16)11-14-4-2-8-27-14/h1-10,18H,11H2/t18-/m0/s1. The molecule has 7 heteroatoms. The van der Waals surface area contributed by atoms with Crippen LogP contribution in [0, 0.1) is 0 Å². The fourth-order valence-corrected chi connectivity index (χ4v) is 3.97. The Hall–Kier alpha value is -3.19. The molecule has 6 nitrogen and oxygen atoms in total. The van der Waals surface area contributed by atoms with Crippen LogP contribution >= 0.6 is 15.9 Å². The van der Waals surface area contributed by atoms with Crippen molar-refractivity contribution in [1.82, 2.24) is 9.88 Å². The van der Waals surface area contributed by atoms with Gasteiger partial charge in [-0.05, 0) is 42.0 Å². The van der Waals surface area contributed by atoms with Crippen molar-refractivity contribution in [2.24, 2.45) is 0 Å². The second kappa shape index (κ2) is 6.45. The predicted molar refractivity (Wildman–Crippen MR) is 105 cm³/mol. The summed E-state index contributed by atoms with van der Waals surface area (Å²) in [5, 5.41) is 0.426. The van der Waals surface area contributed by atoms with Crippen LogP contribution in [-0.2, 0) is 6.54 Å².